The van der Waals surface area contributed by atoms with Crippen LogP contribution in [0.2, 0.25) is 0 Å². The molecule has 0 aliphatic heterocycles. The standard InChI is InChI=1S/C23H23NO4/c1-5-28-22(26)19-15(2)13-18-20(19)16(14-24(4)21(18)25)11-12-23(3,27)17-9-7-6-8-10-17/h6-10,14,27H,5,13H2,1-4H3. The number of benzene rings is 1. The van der Waals surface area contributed by atoms with Crippen molar-refractivity contribution >= 4 is 11.5 Å². The quantitative estimate of drug-likeness (QED) is 0.659. The maximum atomic E-state index is 12.6. The number of hydrogen-bond acceptors (Lipinski definition) is 4. The van der Waals surface area contributed by atoms with Gasteiger partial charge in [0.05, 0.1) is 12.2 Å². The fourth-order valence-corrected chi connectivity index (χ4v) is 3.41. The Balaban J connectivity index is 2.15. The summed E-state index contributed by atoms with van der Waals surface area (Å²) in [4.78, 5) is 25.1. The molecule has 0 fully saturated rings. The molecule has 2 aromatic rings. The first-order chi connectivity index (χ1) is 13.3. The minimum atomic E-state index is -1.37. The number of ether oxygens (including phenoxy) is 1. The summed E-state index contributed by atoms with van der Waals surface area (Å²) in [6, 6.07) is 9.13. The molecule has 0 saturated heterocycles. The lowest BCUT2D eigenvalue weighted by Gasteiger charge is -2.17. The molecule has 1 aliphatic carbocycles. The molecule has 1 atom stereocenters. The van der Waals surface area contributed by atoms with Crippen LogP contribution < -0.4 is 5.56 Å². The number of pyridine rings is 1. The number of esters is 1. The summed E-state index contributed by atoms with van der Waals surface area (Å²) in [6.07, 6.45) is 1.99. The van der Waals surface area contributed by atoms with E-state index in [-0.39, 0.29) is 12.2 Å². The third-order valence-electron chi connectivity index (χ3n) is 4.85. The highest BCUT2D eigenvalue weighted by Gasteiger charge is 2.31. The van der Waals surface area contributed by atoms with E-state index in [9.17, 15) is 14.7 Å². The highest BCUT2D eigenvalue weighted by Crippen LogP contribution is 2.34. The number of carbonyl (C=O) groups is 1. The average molecular weight is 377 g/mol. The summed E-state index contributed by atoms with van der Waals surface area (Å²) in [5, 5.41) is 10.8. The van der Waals surface area contributed by atoms with Crippen molar-refractivity contribution in [3.63, 3.8) is 0 Å². The third-order valence-corrected chi connectivity index (χ3v) is 4.85. The molecule has 1 aromatic heterocycles. The van der Waals surface area contributed by atoms with Gasteiger partial charge in [0.15, 0.2) is 0 Å². The van der Waals surface area contributed by atoms with E-state index in [1.807, 2.05) is 25.1 Å². The Morgan fingerprint density at radius 3 is 2.64 bits per heavy atom. The van der Waals surface area contributed by atoms with Gasteiger partial charge in [-0.1, -0.05) is 47.7 Å². The SMILES string of the molecule is CCOC(=O)C1=C(C)Cc2c1c(C#CC(C)(O)c1ccccc1)cn(C)c2=O. The van der Waals surface area contributed by atoms with E-state index in [1.54, 1.807) is 39.2 Å². The largest absolute Gasteiger partial charge is 0.462 e. The van der Waals surface area contributed by atoms with Crippen molar-refractivity contribution in [2.24, 2.45) is 7.05 Å². The number of hydrogen-bond donors (Lipinski definition) is 1. The van der Waals surface area contributed by atoms with E-state index < -0.39 is 11.6 Å². The van der Waals surface area contributed by atoms with Crippen molar-refractivity contribution < 1.29 is 14.6 Å². The molecule has 3 rings (SSSR count). The van der Waals surface area contributed by atoms with Gasteiger partial charge in [-0.15, -0.1) is 0 Å². The van der Waals surface area contributed by atoms with Gasteiger partial charge in [-0.05, 0) is 26.3 Å². The van der Waals surface area contributed by atoms with E-state index in [4.69, 9.17) is 4.74 Å². The van der Waals surface area contributed by atoms with Crippen molar-refractivity contribution in [2.45, 2.75) is 32.8 Å². The number of nitrogens with zero attached hydrogens (tertiary/aromatic N) is 1. The average Bonchev–Trinajstić information content (AvgIpc) is 3.02. The number of fused-ring (bicyclic) bond motifs is 1. The minimum Gasteiger partial charge on any atom is -0.462 e. The Bertz CT molecular complexity index is 1080. The second-order valence-corrected chi connectivity index (χ2v) is 7.05. The molecule has 0 bridgehead atoms. The minimum absolute atomic E-state index is 0.158. The summed E-state index contributed by atoms with van der Waals surface area (Å²) >= 11 is 0. The maximum absolute atomic E-state index is 12.6. The van der Waals surface area contributed by atoms with Crippen LogP contribution in [0.25, 0.3) is 5.57 Å². The zero-order valence-electron chi connectivity index (χ0n) is 16.5. The number of allylic oxidation sites excluding steroid dienone is 1. The first-order valence-electron chi connectivity index (χ1n) is 9.17. The van der Waals surface area contributed by atoms with E-state index in [0.29, 0.717) is 34.2 Å². The first-order valence-corrected chi connectivity index (χ1v) is 9.17. The lowest BCUT2D eigenvalue weighted by molar-refractivity contribution is -0.136. The lowest BCUT2D eigenvalue weighted by Crippen LogP contribution is -2.23. The fourth-order valence-electron chi connectivity index (χ4n) is 3.41. The van der Waals surface area contributed by atoms with Crippen LogP contribution in [-0.2, 0) is 28.6 Å². The van der Waals surface area contributed by atoms with Crippen LogP contribution in [0.3, 0.4) is 0 Å². The predicted molar refractivity (Wildman–Crippen MR) is 108 cm³/mol. The van der Waals surface area contributed by atoms with Gasteiger partial charge >= 0.3 is 5.97 Å². The molecule has 0 spiro atoms. The Hall–Kier alpha value is -3.10. The highest BCUT2D eigenvalue weighted by atomic mass is 16.5. The van der Waals surface area contributed by atoms with Crippen LogP contribution in [0.1, 0.15) is 43.0 Å². The van der Waals surface area contributed by atoms with Crippen LogP contribution in [0, 0.1) is 11.8 Å². The number of aliphatic hydroxyl groups is 1. The number of aryl methyl sites for hydroxylation is 1. The molecule has 0 amide bonds. The summed E-state index contributed by atoms with van der Waals surface area (Å²) in [5.74, 6) is 5.43. The number of carbonyl (C=O) groups excluding carboxylic acids is 1. The van der Waals surface area contributed by atoms with E-state index >= 15 is 0 Å². The molecule has 1 aliphatic rings. The van der Waals surface area contributed by atoms with Crippen molar-refractivity contribution in [3.05, 3.63) is 74.7 Å². The van der Waals surface area contributed by atoms with Gasteiger partial charge in [-0.2, -0.15) is 0 Å². The summed E-state index contributed by atoms with van der Waals surface area (Å²) in [5.41, 5.74) is 1.91. The number of aromatic nitrogens is 1. The molecular weight excluding hydrogens is 354 g/mol. The number of rotatable bonds is 3. The second kappa shape index (κ2) is 7.49. The van der Waals surface area contributed by atoms with Crippen molar-refractivity contribution in [3.8, 4) is 11.8 Å². The molecular formula is C23H23NO4. The first kappa shape index (κ1) is 19.7. The highest BCUT2D eigenvalue weighted by molar-refractivity contribution is 6.19. The Morgan fingerprint density at radius 1 is 1.32 bits per heavy atom. The van der Waals surface area contributed by atoms with Crippen molar-refractivity contribution in [2.75, 3.05) is 6.61 Å². The summed E-state index contributed by atoms with van der Waals surface area (Å²) in [6.45, 7) is 5.43. The van der Waals surface area contributed by atoms with E-state index in [0.717, 1.165) is 5.57 Å². The molecule has 0 saturated carbocycles. The van der Waals surface area contributed by atoms with E-state index in [2.05, 4.69) is 11.8 Å². The summed E-state index contributed by atoms with van der Waals surface area (Å²) in [7, 11) is 1.65. The molecule has 0 radical (unpaired) electrons. The normalized spacial score (nSPS) is 14.8. The van der Waals surface area contributed by atoms with Gasteiger partial charge in [0.2, 0.25) is 0 Å². The van der Waals surface area contributed by atoms with E-state index in [1.165, 1.54) is 4.57 Å². The Labute approximate surface area is 164 Å². The molecule has 1 aromatic carbocycles. The monoisotopic (exact) mass is 377 g/mol. The maximum Gasteiger partial charge on any atom is 0.338 e. The van der Waals surface area contributed by atoms with Gasteiger partial charge in [-0.25, -0.2) is 4.79 Å². The molecule has 144 valence electrons. The van der Waals surface area contributed by atoms with Gasteiger partial charge in [0.1, 0.15) is 5.60 Å². The van der Waals surface area contributed by atoms with Crippen LogP contribution in [-0.4, -0.2) is 22.2 Å². The summed E-state index contributed by atoms with van der Waals surface area (Å²) < 4.78 is 6.65. The van der Waals surface area contributed by atoms with Crippen molar-refractivity contribution in [1.29, 1.82) is 0 Å². The molecule has 5 heteroatoms. The van der Waals surface area contributed by atoms with Gasteiger partial charge in [-0.3, -0.25) is 4.79 Å². The Morgan fingerprint density at radius 2 is 2.00 bits per heavy atom. The third kappa shape index (κ3) is 3.51. The Kier molecular flexibility index (Phi) is 5.26. The van der Waals surface area contributed by atoms with Gasteiger partial charge < -0.3 is 14.4 Å². The molecule has 1 heterocycles. The smallest absolute Gasteiger partial charge is 0.338 e. The van der Waals surface area contributed by atoms with Crippen LogP contribution in [0.15, 0.2) is 46.9 Å². The molecule has 5 nitrogen and oxygen atoms in total. The zero-order chi connectivity index (χ0) is 20.5. The van der Waals surface area contributed by atoms with Crippen LogP contribution in [0.4, 0.5) is 0 Å². The predicted octanol–water partition coefficient (Wildman–Crippen LogP) is 2.54. The zero-order valence-corrected chi connectivity index (χ0v) is 16.5. The van der Waals surface area contributed by atoms with Crippen LogP contribution in [0.5, 0.6) is 0 Å². The molecule has 28 heavy (non-hydrogen) atoms. The molecule has 1 N–H and O–H groups in total. The van der Waals surface area contributed by atoms with Gasteiger partial charge in [0, 0.05) is 36.4 Å². The molecule has 1 unspecified atom stereocenters. The topological polar surface area (TPSA) is 68.5 Å². The second-order valence-electron chi connectivity index (χ2n) is 7.05. The van der Waals surface area contributed by atoms with Crippen molar-refractivity contribution in [1.82, 2.24) is 4.57 Å². The fraction of sp³-hybridized carbons (Fsp3) is 0.304. The lowest BCUT2D eigenvalue weighted by atomic mass is 9.95. The van der Waals surface area contributed by atoms with Gasteiger partial charge in [0.25, 0.3) is 5.56 Å². The van der Waals surface area contributed by atoms with Crippen LogP contribution >= 0.6 is 0 Å².